The monoisotopic (exact) mass is 396 g/mol. The minimum Gasteiger partial charge on any atom is -0.482 e. The molecule has 1 aliphatic rings. The summed E-state index contributed by atoms with van der Waals surface area (Å²) in [4.78, 5) is 48.7. The van der Waals surface area contributed by atoms with Crippen LogP contribution in [0.15, 0.2) is 48.5 Å². The van der Waals surface area contributed by atoms with Crippen LogP contribution in [0.1, 0.15) is 23.7 Å². The van der Waals surface area contributed by atoms with Gasteiger partial charge >= 0.3 is 5.97 Å². The minimum atomic E-state index is -0.579. The number of esters is 1. The summed E-state index contributed by atoms with van der Waals surface area (Å²) in [5.41, 5.74) is 1.54. The number of benzene rings is 2. The van der Waals surface area contributed by atoms with Crippen LogP contribution in [0.5, 0.6) is 5.75 Å². The van der Waals surface area contributed by atoms with Gasteiger partial charge in [0.25, 0.3) is 5.91 Å². The zero-order valence-electron chi connectivity index (χ0n) is 15.8. The van der Waals surface area contributed by atoms with Crippen LogP contribution in [-0.2, 0) is 19.1 Å². The highest BCUT2D eigenvalue weighted by Gasteiger charge is 2.25. The van der Waals surface area contributed by atoms with E-state index in [9.17, 15) is 19.2 Å². The molecule has 1 heterocycles. The number of hydrogen-bond donors (Lipinski definition) is 1. The van der Waals surface area contributed by atoms with Crippen molar-refractivity contribution in [2.75, 3.05) is 30.0 Å². The van der Waals surface area contributed by atoms with Gasteiger partial charge in [-0.1, -0.05) is 12.1 Å². The lowest BCUT2D eigenvalue weighted by Crippen LogP contribution is -2.40. The summed E-state index contributed by atoms with van der Waals surface area (Å²) in [5.74, 6) is -0.810. The Labute approximate surface area is 167 Å². The highest BCUT2D eigenvalue weighted by atomic mass is 16.5. The van der Waals surface area contributed by atoms with Crippen LogP contribution >= 0.6 is 0 Å². The van der Waals surface area contributed by atoms with E-state index < -0.39 is 12.6 Å². The maximum atomic E-state index is 12.2. The van der Waals surface area contributed by atoms with Crippen LogP contribution < -0.4 is 15.0 Å². The average molecular weight is 396 g/mol. The van der Waals surface area contributed by atoms with Crippen LogP contribution in [0.25, 0.3) is 0 Å². The molecular formula is C21H20N2O6. The van der Waals surface area contributed by atoms with Gasteiger partial charge < -0.3 is 19.7 Å². The van der Waals surface area contributed by atoms with E-state index in [1.54, 1.807) is 48.5 Å². The van der Waals surface area contributed by atoms with Crippen LogP contribution in [0.3, 0.4) is 0 Å². The fraction of sp³-hybridized carbons (Fsp3) is 0.238. The number of para-hydroxylation sites is 2. The number of ether oxygens (including phenoxy) is 2. The number of hydrogen-bond acceptors (Lipinski definition) is 6. The van der Waals surface area contributed by atoms with Crippen molar-refractivity contribution in [2.45, 2.75) is 13.3 Å². The molecule has 0 atom stereocenters. The number of nitrogens with zero attached hydrogens (tertiary/aromatic N) is 1. The molecule has 0 spiro atoms. The molecule has 3 rings (SSSR count). The van der Waals surface area contributed by atoms with Crippen LogP contribution in [0.4, 0.5) is 11.4 Å². The molecule has 2 aromatic carbocycles. The van der Waals surface area contributed by atoms with Gasteiger partial charge in [0, 0.05) is 24.7 Å². The molecule has 0 aromatic heterocycles. The van der Waals surface area contributed by atoms with E-state index in [4.69, 9.17) is 9.47 Å². The third kappa shape index (κ3) is 5.19. The molecule has 0 saturated heterocycles. The van der Waals surface area contributed by atoms with Gasteiger partial charge in [-0.3, -0.25) is 19.2 Å². The van der Waals surface area contributed by atoms with Gasteiger partial charge in [-0.15, -0.1) is 0 Å². The predicted octanol–water partition coefficient (Wildman–Crippen LogP) is 2.19. The molecular weight excluding hydrogens is 376 g/mol. The third-order valence-corrected chi connectivity index (χ3v) is 4.24. The molecule has 29 heavy (non-hydrogen) atoms. The number of amides is 2. The molecule has 0 saturated carbocycles. The van der Waals surface area contributed by atoms with E-state index in [0.29, 0.717) is 22.7 Å². The van der Waals surface area contributed by atoms with Crippen LogP contribution in [-0.4, -0.2) is 43.3 Å². The predicted molar refractivity (Wildman–Crippen MR) is 105 cm³/mol. The van der Waals surface area contributed by atoms with Gasteiger partial charge in [-0.25, -0.2) is 0 Å². The largest absolute Gasteiger partial charge is 0.482 e. The second-order valence-corrected chi connectivity index (χ2v) is 6.39. The van der Waals surface area contributed by atoms with Crippen molar-refractivity contribution in [3.8, 4) is 5.75 Å². The Bertz CT molecular complexity index is 938. The molecule has 0 bridgehead atoms. The Morgan fingerprint density at radius 1 is 1.10 bits per heavy atom. The number of fused-ring (bicyclic) bond motifs is 1. The number of anilines is 2. The van der Waals surface area contributed by atoms with E-state index in [1.165, 1.54) is 11.8 Å². The van der Waals surface area contributed by atoms with Crippen molar-refractivity contribution in [1.29, 1.82) is 0 Å². The molecule has 0 fully saturated rings. The Morgan fingerprint density at radius 2 is 1.83 bits per heavy atom. The van der Waals surface area contributed by atoms with Crippen LogP contribution in [0, 0.1) is 0 Å². The minimum absolute atomic E-state index is 0.0468. The first-order valence-electron chi connectivity index (χ1n) is 9.02. The van der Waals surface area contributed by atoms with Crippen molar-refractivity contribution in [2.24, 2.45) is 0 Å². The van der Waals surface area contributed by atoms with Crippen molar-refractivity contribution in [3.05, 3.63) is 54.1 Å². The molecule has 2 amide bonds. The van der Waals surface area contributed by atoms with Gasteiger partial charge in [0.05, 0.1) is 12.1 Å². The first-order chi connectivity index (χ1) is 13.9. The Hall–Kier alpha value is -3.68. The Balaban J connectivity index is 1.49. The average Bonchev–Trinajstić information content (AvgIpc) is 2.71. The van der Waals surface area contributed by atoms with Crippen molar-refractivity contribution < 1.29 is 28.7 Å². The van der Waals surface area contributed by atoms with Crippen molar-refractivity contribution in [3.63, 3.8) is 0 Å². The second-order valence-electron chi connectivity index (χ2n) is 6.39. The number of nitrogens with one attached hydrogen (secondary N) is 1. The Kier molecular flexibility index (Phi) is 6.23. The van der Waals surface area contributed by atoms with Gasteiger partial charge in [0.15, 0.2) is 19.0 Å². The molecule has 0 radical (unpaired) electrons. The maximum absolute atomic E-state index is 12.2. The number of carbonyl (C=O) groups excluding carboxylic acids is 4. The van der Waals surface area contributed by atoms with E-state index in [1.807, 2.05) is 0 Å². The summed E-state index contributed by atoms with van der Waals surface area (Å²) in [6, 6.07) is 13.4. The Morgan fingerprint density at radius 3 is 2.55 bits per heavy atom. The van der Waals surface area contributed by atoms with Gasteiger partial charge in [0.1, 0.15) is 5.75 Å². The first kappa shape index (κ1) is 20.1. The molecule has 1 aliphatic heterocycles. The lowest BCUT2D eigenvalue weighted by atomic mass is 10.1. The lowest BCUT2D eigenvalue weighted by molar-refractivity contribution is -0.142. The highest BCUT2D eigenvalue weighted by molar-refractivity contribution is 5.99. The van der Waals surface area contributed by atoms with Crippen molar-refractivity contribution >= 4 is 34.9 Å². The zero-order chi connectivity index (χ0) is 20.8. The summed E-state index contributed by atoms with van der Waals surface area (Å²) in [6.45, 7) is 1.05. The quantitative estimate of drug-likeness (QED) is 0.569. The summed E-state index contributed by atoms with van der Waals surface area (Å²) < 4.78 is 10.4. The summed E-state index contributed by atoms with van der Waals surface area (Å²) >= 11 is 0. The smallest absolute Gasteiger partial charge is 0.308 e. The second kappa shape index (κ2) is 9.01. The van der Waals surface area contributed by atoms with E-state index in [2.05, 4.69) is 5.32 Å². The molecule has 8 heteroatoms. The molecule has 0 unspecified atom stereocenters. The number of ketones is 1. The van der Waals surface area contributed by atoms with E-state index in [0.717, 1.165) is 0 Å². The fourth-order valence-electron chi connectivity index (χ4n) is 2.85. The third-order valence-electron chi connectivity index (χ3n) is 4.24. The highest BCUT2D eigenvalue weighted by Crippen LogP contribution is 2.31. The number of rotatable bonds is 7. The summed E-state index contributed by atoms with van der Waals surface area (Å²) in [6.07, 6.45) is -0.0468. The fourth-order valence-corrected chi connectivity index (χ4v) is 2.85. The van der Waals surface area contributed by atoms with Gasteiger partial charge in [0.2, 0.25) is 5.91 Å². The normalized spacial score (nSPS) is 12.6. The molecule has 150 valence electrons. The maximum Gasteiger partial charge on any atom is 0.308 e. The topological polar surface area (TPSA) is 102 Å². The van der Waals surface area contributed by atoms with E-state index >= 15 is 0 Å². The summed E-state index contributed by atoms with van der Waals surface area (Å²) in [5, 5.41) is 2.60. The first-order valence-corrected chi connectivity index (χ1v) is 9.02. The van der Waals surface area contributed by atoms with Crippen LogP contribution in [0.2, 0.25) is 0 Å². The zero-order valence-corrected chi connectivity index (χ0v) is 15.8. The summed E-state index contributed by atoms with van der Waals surface area (Å²) in [7, 11) is 0. The molecule has 2 aromatic rings. The molecule has 8 nitrogen and oxygen atoms in total. The van der Waals surface area contributed by atoms with Gasteiger partial charge in [-0.05, 0) is 36.4 Å². The number of Topliss-reactive ketones (excluding diaryl/α,β-unsaturated/α-hetero) is 1. The van der Waals surface area contributed by atoms with E-state index in [-0.39, 0.29) is 37.2 Å². The van der Waals surface area contributed by atoms with Gasteiger partial charge in [-0.2, -0.15) is 0 Å². The molecule has 1 N–H and O–H groups in total. The lowest BCUT2D eigenvalue weighted by Gasteiger charge is -2.28. The number of carbonyl (C=O) groups is 4. The SMILES string of the molecule is CC(=O)Nc1ccc(C(=O)COC(=O)CCN2C(=O)COc3ccccc32)cc1. The standard InChI is InChI=1S/C21H20N2O6/c1-14(24)22-16-8-6-15(7-9-16)18(25)12-29-21(27)10-11-23-17-4-2-3-5-19(17)28-13-20(23)26/h2-9H,10-13H2,1H3,(H,22,24). The molecule has 0 aliphatic carbocycles. The van der Waals surface area contributed by atoms with Crippen molar-refractivity contribution in [1.82, 2.24) is 0 Å².